The third-order valence-corrected chi connectivity index (χ3v) is 1.89. The average Bonchev–Trinajstić information content (AvgIpc) is 2.03. The maximum absolute atomic E-state index is 10.8. The third kappa shape index (κ3) is 2.99. The van der Waals surface area contributed by atoms with Crippen molar-refractivity contribution < 1.29 is 9.90 Å². The van der Waals surface area contributed by atoms with Crippen LogP contribution in [0.25, 0.3) is 0 Å². The van der Waals surface area contributed by atoms with Gasteiger partial charge in [-0.25, -0.2) is 0 Å². The molecule has 1 rings (SSSR count). The average molecular weight is 178 g/mol. The molecule has 1 aromatic rings. The van der Waals surface area contributed by atoms with Gasteiger partial charge in [-0.1, -0.05) is 24.3 Å². The van der Waals surface area contributed by atoms with Gasteiger partial charge in [0.05, 0.1) is 6.10 Å². The lowest BCUT2D eigenvalue weighted by Gasteiger charge is -2.05. The van der Waals surface area contributed by atoms with Gasteiger partial charge in [0, 0.05) is 6.42 Å². The second-order valence-electron chi connectivity index (χ2n) is 3.30. The van der Waals surface area contributed by atoms with E-state index in [1.54, 1.807) is 13.8 Å². The first-order chi connectivity index (χ1) is 6.09. The molecule has 0 saturated heterocycles. The molecule has 13 heavy (non-hydrogen) atoms. The minimum Gasteiger partial charge on any atom is -0.389 e. The maximum atomic E-state index is 10.8. The topological polar surface area (TPSA) is 37.3 Å². The van der Waals surface area contributed by atoms with Crippen molar-refractivity contribution in [1.29, 1.82) is 0 Å². The molecule has 0 radical (unpaired) electrons. The molecule has 1 atom stereocenters. The van der Waals surface area contributed by atoms with E-state index in [2.05, 4.69) is 0 Å². The van der Waals surface area contributed by atoms with Crippen LogP contribution < -0.4 is 0 Å². The van der Waals surface area contributed by atoms with Crippen molar-refractivity contribution in [2.75, 3.05) is 0 Å². The highest BCUT2D eigenvalue weighted by Crippen LogP contribution is 2.13. The van der Waals surface area contributed by atoms with Crippen molar-refractivity contribution in [2.45, 2.75) is 26.4 Å². The Morgan fingerprint density at radius 3 is 2.77 bits per heavy atom. The minimum atomic E-state index is -0.466. The first kappa shape index (κ1) is 9.93. The molecule has 2 heteroatoms. The monoisotopic (exact) mass is 178 g/mol. The van der Waals surface area contributed by atoms with Gasteiger partial charge in [0.2, 0.25) is 0 Å². The summed E-state index contributed by atoms with van der Waals surface area (Å²) in [6.07, 6.45) is -0.0208. The Morgan fingerprint density at radius 2 is 2.23 bits per heavy atom. The summed E-state index contributed by atoms with van der Waals surface area (Å²) in [6, 6.07) is 7.48. The molecule has 1 aromatic carbocycles. The minimum absolute atomic E-state index is 0.141. The van der Waals surface area contributed by atoms with E-state index in [4.69, 9.17) is 0 Å². The van der Waals surface area contributed by atoms with Gasteiger partial charge in [-0.3, -0.25) is 4.79 Å². The summed E-state index contributed by atoms with van der Waals surface area (Å²) in [7, 11) is 0. The molecule has 0 aliphatic carbocycles. The number of hydrogen-bond donors (Lipinski definition) is 1. The van der Waals surface area contributed by atoms with Crippen LogP contribution in [-0.4, -0.2) is 10.9 Å². The zero-order valence-electron chi connectivity index (χ0n) is 7.95. The van der Waals surface area contributed by atoms with E-state index >= 15 is 0 Å². The highest BCUT2D eigenvalue weighted by atomic mass is 16.3. The number of aliphatic hydroxyl groups is 1. The summed E-state index contributed by atoms with van der Waals surface area (Å²) in [4.78, 5) is 10.8. The lowest BCUT2D eigenvalue weighted by molar-refractivity contribution is -0.116. The van der Waals surface area contributed by atoms with Gasteiger partial charge in [-0.05, 0) is 25.0 Å². The van der Waals surface area contributed by atoms with Crippen LogP contribution in [0.3, 0.4) is 0 Å². The fourth-order valence-corrected chi connectivity index (χ4v) is 1.25. The summed E-state index contributed by atoms with van der Waals surface area (Å²) in [5, 5.41) is 9.30. The number of ketones is 1. The second-order valence-corrected chi connectivity index (χ2v) is 3.30. The predicted octanol–water partition coefficient (Wildman–Crippen LogP) is 1.87. The third-order valence-electron chi connectivity index (χ3n) is 1.89. The molecule has 0 aliphatic rings. The van der Waals surface area contributed by atoms with Crippen LogP contribution in [0.4, 0.5) is 0 Å². The lowest BCUT2D eigenvalue weighted by Crippen LogP contribution is -1.98. The molecule has 0 aromatic heterocycles. The molecule has 1 unspecified atom stereocenters. The lowest BCUT2D eigenvalue weighted by atomic mass is 10.0. The van der Waals surface area contributed by atoms with Gasteiger partial charge < -0.3 is 5.11 Å². The Hall–Kier alpha value is -1.15. The summed E-state index contributed by atoms with van der Waals surface area (Å²) in [5.74, 6) is 0.141. The van der Waals surface area contributed by atoms with Crippen molar-refractivity contribution in [3.05, 3.63) is 35.4 Å². The molecule has 0 aliphatic heterocycles. The Morgan fingerprint density at radius 1 is 1.54 bits per heavy atom. The van der Waals surface area contributed by atoms with Crippen molar-refractivity contribution in [3.8, 4) is 0 Å². The highest BCUT2D eigenvalue weighted by Gasteiger charge is 2.02. The number of rotatable bonds is 3. The second kappa shape index (κ2) is 4.19. The Labute approximate surface area is 78.2 Å². The van der Waals surface area contributed by atoms with Crippen LogP contribution >= 0.6 is 0 Å². The summed E-state index contributed by atoms with van der Waals surface area (Å²) in [6.45, 7) is 3.28. The molecule has 0 amide bonds. The summed E-state index contributed by atoms with van der Waals surface area (Å²) >= 11 is 0. The van der Waals surface area contributed by atoms with Gasteiger partial charge >= 0.3 is 0 Å². The van der Waals surface area contributed by atoms with Gasteiger partial charge in [0.1, 0.15) is 5.78 Å². The number of aliphatic hydroxyl groups excluding tert-OH is 1. The Kier molecular flexibility index (Phi) is 3.20. The van der Waals surface area contributed by atoms with Gasteiger partial charge in [-0.2, -0.15) is 0 Å². The number of carbonyl (C=O) groups excluding carboxylic acids is 1. The standard InChI is InChI=1S/C11H14O2/c1-8(12)6-10-4-3-5-11(7-10)9(2)13/h3-5,7,9,13H,6H2,1-2H3. The molecule has 0 spiro atoms. The van der Waals surface area contributed by atoms with Crippen LogP contribution in [0.1, 0.15) is 31.1 Å². The van der Waals surface area contributed by atoms with Crippen LogP contribution in [0, 0.1) is 0 Å². The first-order valence-electron chi connectivity index (χ1n) is 4.36. The largest absolute Gasteiger partial charge is 0.389 e. The quantitative estimate of drug-likeness (QED) is 0.767. The maximum Gasteiger partial charge on any atom is 0.134 e. The number of Topliss-reactive ketones (excluding diaryl/α,β-unsaturated/α-hetero) is 1. The van der Waals surface area contributed by atoms with E-state index in [1.807, 2.05) is 24.3 Å². The molecule has 0 heterocycles. The van der Waals surface area contributed by atoms with Gasteiger partial charge in [-0.15, -0.1) is 0 Å². The molecule has 2 nitrogen and oxygen atoms in total. The van der Waals surface area contributed by atoms with Gasteiger partial charge in [0.25, 0.3) is 0 Å². The van der Waals surface area contributed by atoms with Crippen LogP contribution in [0.15, 0.2) is 24.3 Å². The zero-order valence-corrected chi connectivity index (χ0v) is 7.95. The zero-order chi connectivity index (χ0) is 9.84. The van der Waals surface area contributed by atoms with E-state index in [0.29, 0.717) is 6.42 Å². The molecular formula is C11H14O2. The Balaban J connectivity index is 2.85. The van der Waals surface area contributed by atoms with Crippen molar-refractivity contribution in [2.24, 2.45) is 0 Å². The Bertz CT molecular complexity index is 303. The number of hydrogen-bond acceptors (Lipinski definition) is 2. The number of carbonyl (C=O) groups is 1. The summed E-state index contributed by atoms with van der Waals surface area (Å²) < 4.78 is 0. The molecule has 70 valence electrons. The van der Waals surface area contributed by atoms with E-state index in [0.717, 1.165) is 11.1 Å². The van der Waals surface area contributed by atoms with Crippen LogP contribution in [0.2, 0.25) is 0 Å². The SMILES string of the molecule is CC(=O)Cc1cccc(C(C)O)c1. The summed E-state index contributed by atoms with van der Waals surface area (Å²) in [5.41, 5.74) is 1.82. The van der Waals surface area contributed by atoms with Crippen LogP contribution in [0.5, 0.6) is 0 Å². The van der Waals surface area contributed by atoms with E-state index in [-0.39, 0.29) is 5.78 Å². The molecule has 1 N–H and O–H groups in total. The van der Waals surface area contributed by atoms with Gasteiger partial charge in [0.15, 0.2) is 0 Å². The first-order valence-corrected chi connectivity index (χ1v) is 4.36. The van der Waals surface area contributed by atoms with Crippen LogP contribution in [-0.2, 0) is 11.2 Å². The normalized spacial score (nSPS) is 12.5. The molecular weight excluding hydrogens is 164 g/mol. The molecule has 0 bridgehead atoms. The van der Waals surface area contributed by atoms with Crippen molar-refractivity contribution in [1.82, 2.24) is 0 Å². The highest BCUT2D eigenvalue weighted by molar-refractivity contribution is 5.78. The smallest absolute Gasteiger partial charge is 0.134 e. The van der Waals surface area contributed by atoms with E-state index < -0.39 is 6.10 Å². The predicted molar refractivity (Wildman–Crippen MR) is 51.5 cm³/mol. The molecule has 0 fully saturated rings. The fraction of sp³-hybridized carbons (Fsp3) is 0.364. The fourth-order valence-electron chi connectivity index (χ4n) is 1.25. The van der Waals surface area contributed by atoms with Crippen molar-refractivity contribution >= 4 is 5.78 Å². The molecule has 0 saturated carbocycles. The van der Waals surface area contributed by atoms with E-state index in [9.17, 15) is 9.90 Å². The van der Waals surface area contributed by atoms with Crippen molar-refractivity contribution in [3.63, 3.8) is 0 Å². The van der Waals surface area contributed by atoms with E-state index in [1.165, 1.54) is 0 Å². The number of benzene rings is 1.